The summed E-state index contributed by atoms with van der Waals surface area (Å²) < 4.78 is 5.31. The number of nitrogens with zero attached hydrogens (tertiary/aromatic N) is 2. The summed E-state index contributed by atoms with van der Waals surface area (Å²) >= 11 is 0. The first-order valence-corrected chi connectivity index (χ1v) is 5.78. The fourth-order valence-corrected chi connectivity index (χ4v) is 1.60. The smallest absolute Gasteiger partial charge is 0.354 e. The molecule has 2 rings (SSSR count). The number of carboxylic acid groups (broad SMARTS) is 1. The Kier molecular flexibility index (Phi) is 4.10. The van der Waals surface area contributed by atoms with Crippen molar-refractivity contribution in [3.05, 3.63) is 57.8 Å². The quantitative estimate of drug-likeness (QED) is 0.637. The lowest BCUT2D eigenvalue weighted by Crippen LogP contribution is -2.04. The minimum Gasteiger partial charge on any atom is -0.477 e. The van der Waals surface area contributed by atoms with Crippen LogP contribution in [0.1, 0.15) is 16.1 Å². The molecule has 0 spiro atoms. The third-order valence-corrected chi connectivity index (χ3v) is 2.61. The Bertz CT molecular complexity index is 701. The van der Waals surface area contributed by atoms with E-state index in [1.807, 2.05) is 0 Å². The average molecular weight is 290 g/mol. The number of ether oxygens (including phenoxy) is 1. The monoisotopic (exact) mass is 290 g/mol. The van der Waals surface area contributed by atoms with Crippen LogP contribution in [0.15, 0.2) is 36.4 Å². The van der Waals surface area contributed by atoms with Gasteiger partial charge in [-0.2, -0.15) is 4.98 Å². The summed E-state index contributed by atoms with van der Waals surface area (Å²) in [6, 6.07) is 8.36. The Hall–Kier alpha value is -3.00. The van der Waals surface area contributed by atoms with Crippen LogP contribution in [0, 0.1) is 10.1 Å². The van der Waals surface area contributed by atoms with Gasteiger partial charge in [0.15, 0.2) is 5.69 Å². The summed E-state index contributed by atoms with van der Waals surface area (Å²) in [7, 11) is 0. The van der Waals surface area contributed by atoms with Crippen molar-refractivity contribution in [3.8, 4) is 11.6 Å². The third kappa shape index (κ3) is 3.12. The van der Waals surface area contributed by atoms with Gasteiger partial charge in [0.05, 0.1) is 11.5 Å². The first-order chi connectivity index (χ1) is 10.0. The number of aliphatic hydroxyl groups is 1. The molecular weight excluding hydrogens is 280 g/mol. The highest BCUT2D eigenvalue weighted by molar-refractivity contribution is 5.85. The zero-order valence-electron chi connectivity index (χ0n) is 10.6. The maximum atomic E-state index is 10.9. The van der Waals surface area contributed by atoms with Crippen LogP contribution in [0.2, 0.25) is 0 Å². The Morgan fingerprint density at radius 3 is 2.62 bits per heavy atom. The van der Waals surface area contributed by atoms with E-state index in [0.29, 0.717) is 5.56 Å². The number of hydrogen-bond acceptors (Lipinski definition) is 6. The predicted molar refractivity (Wildman–Crippen MR) is 70.3 cm³/mol. The van der Waals surface area contributed by atoms with E-state index in [4.69, 9.17) is 9.84 Å². The number of benzene rings is 1. The number of aliphatic hydroxyl groups excluding tert-OH is 1. The molecule has 0 atom stereocenters. The van der Waals surface area contributed by atoms with Gasteiger partial charge in [0.25, 0.3) is 5.88 Å². The molecule has 0 radical (unpaired) electrons. The topological polar surface area (TPSA) is 123 Å². The molecule has 1 heterocycles. The Balaban J connectivity index is 2.48. The maximum Gasteiger partial charge on any atom is 0.354 e. The first kappa shape index (κ1) is 14.4. The minimum atomic E-state index is -1.33. The van der Waals surface area contributed by atoms with Gasteiger partial charge in [-0.3, -0.25) is 10.1 Å². The summed E-state index contributed by atoms with van der Waals surface area (Å²) in [6.07, 6.45) is 0. The number of pyridine rings is 1. The van der Waals surface area contributed by atoms with Crippen LogP contribution in [-0.2, 0) is 6.61 Å². The second-order valence-corrected chi connectivity index (χ2v) is 3.95. The molecule has 108 valence electrons. The van der Waals surface area contributed by atoms with Crippen LogP contribution < -0.4 is 4.74 Å². The van der Waals surface area contributed by atoms with E-state index in [0.717, 1.165) is 12.1 Å². The lowest BCUT2D eigenvalue weighted by Gasteiger charge is -2.09. The van der Waals surface area contributed by atoms with E-state index in [9.17, 15) is 20.0 Å². The van der Waals surface area contributed by atoms with Crippen molar-refractivity contribution in [1.82, 2.24) is 4.98 Å². The van der Waals surface area contributed by atoms with Crippen molar-refractivity contribution >= 4 is 11.7 Å². The molecule has 0 amide bonds. The molecule has 1 aromatic carbocycles. The van der Waals surface area contributed by atoms with Gasteiger partial charge in [0.2, 0.25) is 0 Å². The van der Waals surface area contributed by atoms with Gasteiger partial charge in [-0.1, -0.05) is 18.2 Å². The van der Waals surface area contributed by atoms with Crippen molar-refractivity contribution in [1.29, 1.82) is 0 Å². The molecule has 8 heteroatoms. The van der Waals surface area contributed by atoms with E-state index in [1.165, 1.54) is 6.07 Å². The van der Waals surface area contributed by atoms with Gasteiger partial charge in [-0.05, 0) is 12.1 Å². The highest BCUT2D eigenvalue weighted by Gasteiger charge is 2.21. The molecule has 0 fully saturated rings. The number of carbonyl (C=O) groups is 1. The zero-order chi connectivity index (χ0) is 15.4. The lowest BCUT2D eigenvalue weighted by molar-refractivity contribution is -0.386. The third-order valence-electron chi connectivity index (χ3n) is 2.61. The first-order valence-electron chi connectivity index (χ1n) is 5.78. The summed E-state index contributed by atoms with van der Waals surface area (Å²) in [6.45, 7) is -0.331. The van der Waals surface area contributed by atoms with Crippen LogP contribution in [-0.4, -0.2) is 26.1 Å². The maximum absolute atomic E-state index is 10.9. The van der Waals surface area contributed by atoms with Crippen molar-refractivity contribution in [3.63, 3.8) is 0 Å². The SMILES string of the molecule is O=C(O)c1ccc([N+](=O)[O-])c(Oc2ccccc2CO)n1. The molecule has 0 aliphatic heterocycles. The second kappa shape index (κ2) is 5.97. The highest BCUT2D eigenvalue weighted by Crippen LogP contribution is 2.31. The average Bonchev–Trinajstić information content (AvgIpc) is 2.47. The Morgan fingerprint density at radius 1 is 1.29 bits per heavy atom. The number of hydrogen-bond donors (Lipinski definition) is 2. The number of aromatic nitrogens is 1. The normalized spacial score (nSPS) is 10.1. The van der Waals surface area contributed by atoms with Crippen LogP contribution >= 0.6 is 0 Å². The molecule has 21 heavy (non-hydrogen) atoms. The van der Waals surface area contributed by atoms with E-state index in [2.05, 4.69) is 4.98 Å². The molecule has 0 saturated carbocycles. The van der Waals surface area contributed by atoms with Gasteiger partial charge in [-0.25, -0.2) is 4.79 Å². The molecule has 2 N–H and O–H groups in total. The van der Waals surface area contributed by atoms with Crippen molar-refractivity contribution < 1.29 is 24.7 Å². The fourth-order valence-electron chi connectivity index (χ4n) is 1.60. The highest BCUT2D eigenvalue weighted by atomic mass is 16.6. The van der Waals surface area contributed by atoms with Gasteiger partial charge in [0.1, 0.15) is 5.75 Å². The van der Waals surface area contributed by atoms with Crippen molar-refractivity contribution in [2.45, 2.75) is 6.61 Å². The van der Waals surface area contributed by atoms with Crippen LogP contribution in [0.25, 0.3) is 0 Å². The molecule has 2 aromatic rings. The summed E-state index contributed by atoms with van der Waals surface area (Å²) in [4.78, 5) is 24.7. The number of carboxylic acids is 1. The molecule has 0 aliphatic carbocycles. The van der Waals surface area contributed by atoms with Crippen molar-refractivity contribution in [2.24, 2.45) is 0 Å². The van der Waals surface area contributed by atoms with Crippen molar-refractivity contribution in [2.75, 3.05) is 0 Å². The largest absolute Gasteiger partial charge is 0.477 e. The van der Waals surface area contributed by atoms with Crippen LogP contribution in [0.3, 0.4) is 0 Å². The van der Waals surface area contributed by atoms with E-state index < -0.39 is 22.5 Å². The molecule has 0 unspecified atom stereocenters. The Morgan fingerprint density at radius 2 is 2.00 bits per heavy atom. The van der Waals surface area contributed by atoms with Crippen LogP contribution in [0.5, 0.6) is 11.6 Å². The van der Waals surface area contributed by atoms with Crippen LogP contribution in [0.4, 0.5) is 5.69 Å². The Labute approximate surface area is 118 Å². The van der Waals surface area contributed by atoms with E-state index >= 15 is 0 Å². The number of rotatable bonds is 5. The summed E-state index contributed by atoms with van der Waals surface area (Å²) in [5.74, 6) is -1.61. The zero-order valence-corrected chi connectivity index (χ0v) is 10.6. The lowest BCUT2D eigenvalue weighted by atomic mass is 10.2. The van der Waals surface area contributed by atoms with Gasteiger partial charge in [0, 0.05) is 11.6 Å². The number of aromatic carboxylic acids is 1. The van der Waals surface area contributed by atoms with E-state index in [-0.39, 0.29) is 18.1 Å². The molecule has 1 aromatic heterocycles. The van der Waals surface area contributed by atoms with Gasteiger partial charge >= 0.3 is 11.7 Å². The standard InChI is InChI=1S/C13H10N2O6/c16-7-8-3-1-2-4-11(8)21-12-10(15(19)20)6-5-9(14-12)13(17)18/h1-6,16H,7H2,(H,17,18). The summed E-state index contributed by atoms with van der Waals surface area (Å²) in [5, 5.41) is 29.0. The molecule has 0 bridgehead atoms. The number of nitro groups is 1. The molecular formula is C13H10N2O6. The van der Waals surface area contributed by atoms with Gasteiger partial charge < -0.3 is 14.9 Å². The molecule has 8 nitrogen and oxygen atoms in total. The number of para-hydroxylation sites is 1. The fraction of sp³-hybridized carbons (Fsp3) is 0.0769. The summed E-state index contributed by atoms with van der Waals surface area (Å²) in [5.41, 5.74) is -0.445. The molecule has 0 saturated heterocycles. The van der Waals surface area contributed by atoms with Gasteiger partial charge in [-0.15, -0.1) is 0 Å². The van der Waals surface area contributed by atoms with E-state index in [1.54, 1.807) is 18.2 Å². The second-order valence-electron chi connectivity index (χ2n) is 3.95. The molecule has 0 aliphatic rings. The predicted octanol–water partition coefficient (Wildman–Crippen LogP) is 1.97. The minimum absolute atomic E-state index is 0.165.